The summed E-state index contributed by atoms with van der Waals surface area (Å²) in [6, 6.07) is 8.02. The van der Waals surface area contributed by atoms with Crippen LogP contribution in [0.2, 0.25) is 5.02 Å². The molecule has 1 atom stereocenters. The summed E-state index contributed by atoms with van der Waals surface area (Å²) in [5.41, 5.74) is 2.20. The molecule has 5 heteroatoms. The Hall–Kier alpha value is -1.10. The molecule has 21 heavy (non-hydrogen) atoms. The van der Waals surface area contributed by atoms with Crippen molar-refractivity contribution in [2.75, 3.05) is 13.7 Å². The van der Waals surface area contributed by atoms with Crippen molar-refractivity contribution in [2.45, 2.75) is 19.4 Å². The van der Waals surface area contributed by atoms with Gasteiger partial charge in [0, 0.05) is 10.7 Å². The maximum absolute atomic E-state index is 6.08. The van der Waals surface area contributed by atoms with Gasteiger partial charge in [0.15, 0.2) is 0 Å². The van der Waals surface area contributed by atoms with Crippen LogP contribution in [0, 0.1) is 0 Å². The van der Waals surface area contributed by atoms with E-state index < -0.39 is 0 Å². The molecule has 0 fully saturated rings. The Balaban J connectivity index is 2.38. The third kappa shape index (κ3) is 4.19. The van der Waals surface area contributed by atoms with E-state index in [0.717, 1.165) is 34.3 Å². The van der Waals surface area contributed by atoms with Crippen molar-refractivity contribution in [1.82, 2.24) is 10.3 Å². The molecule has 2 rings (SSSR count). The SMILES string of the molecule is CCCNC(c1cncc(OC)c1)c1ccc(Cl)c(Br)c1. The van der Waals surface area contributed by atoms with Crippen molar-refractivity contribution in [3.63, 3.8) is 0 Å². The van der Waals surface area contributed by atoms with Crippen LogP contribution in [-0.4, -0.2) is 18.6 Å². The Morgan fingerprint density at radius 3 is 2.76 bits per heavy atom. The number of ether oxygens (including phenoxy) is 1. The highest BCUT2D eigenvalue weighted by Gasteiger charge is 2.15. The molecule has 0 aliphatic rings. The molecule has 1 heterocycles. The van der Waals surface area contributed by atoms with Crippen molar-refractivity contribution in [2.24, 2.45) is 0 Å². The van der Waals surface area contributed by atoms with E-state index in [0.29, 0.717) is 5.02 Å². The first-order chi connectivity index (χ1) is 10.2. The molecule has 112 valence electrons. The van der Waals surface area contributed by atoms with Crippen LogP contribution >= 0.6 is 27.5 Å². The number of hydrogen-bond acceptors (Lipinski definition) is 3. The average molecular weight is 370 g/mol. The summed E-state index contributed by atoms with van der Waals surface area (Å²) in [4.78, 5) is 4.25. The third-order valence-corrected chi connectivity index (χ3v) is 4.39. The zero-order valence-corrected chi connectivity index (χ0v) is 14.4. The highest BCUT2D eigenvalue weighted by molar-refractivity contribution is 9.10. The number of nitrogens with one attached hydrogen (secondary N) is 1. The van der Waals surface area contributed by atoms with Crippen LogP contribution < -0.4 is 10.1 Å². The number of benzene rings is 1. The fraction of sp³-hybridized carbons (Fsp3) is 0.312. The number of methoxy groups -OCH3 is 1. The molecule has 0 radical (unpaired) electrons. The topological polar surface area (TPSA) is 34.2 Å². The number of pyridine rings is 1. The summed E-state index contributed by atoms with van der Waals surface area (Å²) in [6.45, 7) is 3.06. The summed E-state index contributed by atoms with van der Waals surface area (Å²) >= 11 is 9.57. The number of halogens is 2. The first kappa shape index (κ1) is 16.3. The molecular formula is C16H18BrClN2O. The van der Waals surface area contributed by atoms with Gasteiger partial charge in [-0.2, -0.15) is 0 Å². The molecule has 3 nitrogen and oxygen atoms in total. The maximum atomic E-state index is 6.08. The zero-order valence-electron chi connectivity index (χ0n) is 12.1. The molecule has 1 N–H and O–H groups in total. The van der Waals surface area contributed by atoms with Gasteiger partial charge >= 0.3 is 0 Å². The number of rotatable bonds is 6. The Morgan fingerprint density at radius 2 is 2.10 bits per heavy atom. The molecule has 0 aliphatic carbocycles. The average Bonchev–Trinajstić information content (AvgIpc) is 2.51. The van der Waals surface area contributed by atoms with Crippen LogP contribution in [0.25, 0.3) is 0 Å². The first-order valence-electron chi connectivity index (χ1n) is 6.83. The second kappa shape index (κ2) is 7.78. The lowest BCUT2D eigenvalue weighted by Crippen LogP contribution is -2.23. The predicted octanol–water partition coefficient (Wildman–Crippen LogP) is 4.60. The van der Waals surface area contributed by atoms with E-state index >= 15 is 0 Å². The summed E-state index contributed by atoms with van der Waals surface area (Å²) < 4.78 is 6.16. The lowest BCUT2D eigenvalue weighted by Gasteiger charge is -2.20. The Labute approximate surface area is 138 Å². The zero-order chi connectivity index (χ0) is 15.2. The molecule has 1 aromatic carbocycles. The van der Waals surface area contributed by atoms with Crippen molar-refractivity contribution in [1.29, 1.82) is 0 Å². The van der Waals surface area contributed by atoms with E-state index in [4.69, 9.17) is 16.3 Å². The van der Waals surface area contributed by atoms with Gasteiger partial charge in [-0.1, -0.05) is 24.6 Å². The minimum absolute atomic E-state index is 0.0566. The normalized spacial score (nSPS) is 12.2. The van der Waals surface area contributed by atoms with E-state index in [-0.39, 0.29) is 6.04 Å². The first-order valence-corrected chi connectivity index (χ1v) is 8.00. The molecule has 1 aromatic heterocycles. The van der Waals surface area contributed by atoms with E-state index in [1.165, 1.54) is 0 Å². The fourth-order valence-corrected chi connectivity index (χ4v) is 2.63. The summed E-state index contributed by atoms with van der Waals surface area (Å²) in [5, 5.41) is 4.25. The molecule has 2 aromatic rings. The van der Waals surface area contributed by atoms with Gasteiger partial charge in [-0.05, 0) is 58.2 Å². The van der Waals surface area contributed by atoms with Gasteiger partial charge in [-0.3, -0.25) is 4.98 Å². The van der Waals surface area contributed by atoms with Gasteiger partial charge in [0.2, 0.25) is 0 Å². The van der Waals surface area contributed by atoms with Crippen LogP contribution in [0.3, 0.4) is 0 Å². The van der Waals surface area contributed by atoms with Gasteiger partial charge in [0.1, 0.15) is 5.75 Å². The van der Waals surface area contributed by atoms with E-state index in [2.05, 4.69) is 33.2 Å². The highest BCUT2D eigenvalue weighted by atomic mass is 79.9. The van der Waals surface area contributed by atoms with Gasteiger partial charge in [-0.25, -0.2) is 0 Å². The maximum Gasteiger partial charge on any atom is 0.137 e. The smallest absolute Gasteiger partial charge is 0.137 e. The molecule has 0 aliphatic heterocycles. The Morgan fingerprint density at radius 1 is 1.29 bits per heavy atom. The molecular weight excluding hydrogens is 352 g/mol. The summed E-state index contributed by atoms with van der Waals surface area (Å²) in [7, 11) is 1.65. The van der Waals surface area contributed by atoms with Crippen LogP contribution in [-0.2, 0) is 0 Å². The monoisotopic (exact) mass is 368 g/mol. The van der Waals surface area contributed by atoms with Crippen LogP contribution in [0.1, 0.15) is 30.5 Å². The third-order valence-electron chi connectivity index (χ3n) is 3.18. The Bertz CT molecular complexity index is 607. The second-order valence-electron chi connectivity index (χ2n) is 4.72. The van der Waals surface area contributed by atoms with Crippen molar-refractivity contribution < 1.29 is 4.74 Å². The van der Waals surface area contributed by atoms with Crippen molar-refractivity contribution >= 4 is 27.5 Å². The lowest BCUT2D eigenvalue weighted by atomic mass is 10.00. The number of aromatic nitrogens is 1. The van der Waals surface area contributed by atoms with Gasteiger partial charge < -0.3 is 10.1 Å². The quantitative estimate of drug-likeness (QED) is 0.808. The van der Waals surface area contributed by atoms with Gasteiger partial charge in [0.25, 0.3) is 0 Å². The van der Waals surface area contributed by atoms with Crippen LogP contribution in [0.15, 0.2) is 41.1 Å². The van der Waals surface area contributed by atoms with E-state index in [1.54, 1.807) is 13.3 Å². The van der Waals surface area contributed by atoms with Crippen molar-refractivity contribution in [3.05, 3.63) is 57.3 Å². The highest BCUT2D eigenvalue weighted by Crippen LogP contribution is 2.30. The fourth-order valence-electron chi connectivity index (χ4n) is 2.11. The van der Waals surface area contributed by atoms with E-state index in [1.807, 2.05) is 30.5 Å². The minimum Gasteiger partial charge on any atom is -0.495 e. The molecule has 0 amide bonds. The molecule has 0 spiro atoms. The van der Waals surface area contributed by atoms with Gasteiger partial charge in [-0.15, -0.1) is 0 Å². The van der Waals surface area contributed by atoms with Crippen LogP contribution in [0.4, 0.5) is 0 Å². The molecule has 0 bridgehead atoms. The second-order valence-corrected chi connectivity index (χ2v) is 5.98. The number of hydrogen-bond donors (Lipinski definition) is 1. The van der Waals surface area contributed by atoms with Gasteiger partial charge in [0.05, 0.1) is 24.4 Å². The predicted molar refractivity (Wildman–Crippen MR) is 90.1 cm³/mol. The molecule has 0 saturated carbocycles. The van der Waals surface area contributed by atoms with E-state index in [9.17, 15) is 0 Å². The largest absolute Gasteiger partial charge is 0.495 e. The summed E-state index contributed by atoms with van der Waals surface area (Å²) in [6.07, 6.45) is 4.62. The van der Waals surface area contributed by atoms with Crippen molar-refractivity contribution in [3.8, 4) is 5.75 Å². The molecule has 0 saturated heterocycles. The lowest BCUT2D eigenvalue weighted by molar-refractivity contribution is 0.411. The minimum atomic E-state index is 0.0566. The molecule has 1 unspecified atom stereocenters. The number of nitrogens with zero attached hydrogens (tertiary/aromatic N) is 1. The standard InChI is InChI=1S/C16H18BrClN2O/c1-3-6-20-16(11-4-5-15(18)14(17)8-11)12-7-13(21-2)10-19-9-12/h4-5,7-10,16,20H,3,6H2,1-2H3. The van der Waals surface area contributed by atoms with Crippen LogP contribution in [0.5, 0.6) is 5.75 Å². The summed E-state index contributed by atoms with van der Waals surface area (Å²) in [5.74, 6) is 0.754. The Kier molecular flexibility index (Phi) is 6.03.